The minimum atomic E-state index is -3.45. The first-order valence-electron chi connectivity index (χ1n) is 7.64. The maximum absolute atomic E-state index is 12.4. The molecule has 3 rings (SSSR count). The molecule has 1 aliphatic rings. The van der Waals surface area contributed by atoms with E-state index < -0.39 is 22.0 Å². The van der Waals surface area contributed by atoms with Gasteiger partial charge in [0.15, 0.2) is 0 Å². The Hall–Kier alpha value is -2.46. The summed E-state index contributed by atoms with van der Waals surface area (Å²) < 4.78 is 35.4. The summed E-state index contributed by atoms with van der Waals surface area (Å²) in [6.07, 6.45) is 2.17. The standard InChI is InChI=1S/C15H18N4O5S/c1-23-12-8-4-3-6-10(12)14-17-18-15(24-14)16-13(20)11-7-5-9-19(11)25(2,21)22/h3-4,6,8,11H,5,7,9H2,1-2H3,(H,16,18,20). The van der Waals surface area contributed by atoms with Crippen molar-refractivity contribution in [3.63, 3.8) is 0 Å². The van der Waals surface area contributed by atoms with Gasteiger partial charge < -0.3 is 9.15 Å². The molecule has 2 heterocycles. The number of benzene rings is 1. The summed E-state index contributed by atoms with van der Waals surface area (Å²) in [6, 6.07) is 6.24. The number of amides is 1. The van der Waals surface area contributed by atoms with Gasteiger partial charge in [-0.15, -0.1) is 5.10 Å². The van der Waals surface area contributed by atoms with Crippen molar-refractivity contribution in [2.24, 2.45) is 0 Å². The van der Waals surface area contributed by atoms with Crippen molar-refractivity contribution in [3.8, 4) is 17.2 Å². The molecule has 1 N–H and O–H groups in total. The Morgan fingerprint density at radius 1 is 1.36 bits per heavy atom. The van der Waals surface area contributed by atoms with Gasteiger partial charge in [-0.05, 0) is 25.0 Å². The number of para-hydroxylation sites is 1. The average Bonchev–Trinajstić information content (AvgIpc) is 3.23. The first kappa shape index (κ1) is 17.4. The van der Waals surface area contributed by atoms with E-state index in [-0.39, 0.29) is 11.9 Å². The van der Waals surface area contributed by atoms with Crippen LogP contribution >= 0.6 is 0 Å². The van der Waals surface area contributed by atoms with Crippen LogP contribution in [0.5, 0.6) is 5.75 Å². The number of carbonyl (C=O) groups excluding carboxylic acids is 1. The van der Waals surface area contributed by atoms with E-state index in [1.165, 1.54) is 11.4 Å². The molecule has 9 nitrogen and oxygen atoms in total. The van der Waals surface area contributed by atoms with Gasteiger partial charge >= 0.3 is 6.01 Å². The fourth-order valence-corrected chi connectivity index (χ4v) is 3.92. The molecule has 2 aromatic rings. The number of aromatic nitrogens is 2. The zero-order chi connectivity index (χ0) is 18.0. The minimum Gasteiger partial charge on any atom is -0.496 e. The molecular formula is C15H18N4O5S. The fraction of sp³-hybridized carbons (Fsp3) is 0.400. The van der Waals surface area contributed by atoms with Crippen LogP contribution in [0.25, 0.3) is 11.5 Å². The molecule has 25 heavy (non-hydrogen) atoms. The topological polar surface area (TPSA) is 115 Å². The summed E-state index contributed by atoms with van der Waals surface area (Å²) in [6.45, 7) is 0.327. The van der Waals surface area contributed by atoms with Gasteiger partial charge in [-0.3, -0.25) is 10.1 Å². The molecule has 0 saturated carbocycles. The number of rotatable bonds is 5. The van der Waals surface area contributed by atoms with Crippen molar-refractivity contribution in [1.29, 1.82) is 0 Å². The molecule has 1 saturated heterocycles. The molecule has 0 spiro atoms. The average molecular weight is 366 g/mol. The van der Waals surface area contributed by atoms with Gasteiger partial charge in [0, 0.05) is 6.54 Å². The normalized spacial score (nSPS) is 18.2. The smallest absolute Gasteiger partial charge is 0.322 e. The van der Waals surface area contributed by atoms with E-state index in [4.69, 9.17) is 9.15 Å². The molecule has 1 unspecified atom stereocenters. The summed E-state index contributed by atoms with van der Waals surface area (Å²) in [5, 5.41) is 10.2. The number of hydrogen-bond donors (Lipinski definition) is 1. The molecule has 1 fully saturated rings. The molecule has 1 aliphatic heterocycles. The van der Waals surface area contributed by atoms with Crippen LogP contribution in [0.2, 0.25) is 0 Å². The lowest BCUT2D eigenvalue weighted by molar-refractivity contribution is -0.119. The number of sulfonamides is 1. The largest absolute Gasteiger partial charge is 0.496 e. The van der Waals surface area contributed by atoms with Crippen LogP contribution in [0.4, 0.5) is 6.01 Å². The maximum Gasteiger partial charge on any atom is 0.322 e. The maximum atomic E-state index is 12.4. The molecule has 1 atom stereocenters. The van der Waals surface area contributed by atoms with Crippen molar-refractivity contribution in [3.05, 3.63) is 24.3 Å². The third kappa shape index (κ3) is 3.64. The van der Waals surface area contributed by atoms with E-state index in [0.717, 1.165) is 6.26 Å². The molecule has 0 aliphatic carbocycles. The number of nitrogens with zero attached hydrogens (tertiary/aromatic N) is 3. The van der Waals surface area contributed by atoms with Gasteiger partial charge in [0.1, 0.15) is 11.8 Å². The monoisotopic (exact) mass is 366 g/mol. The Bertz CT molecular complexity index is 880. The molecule has 0 radical (unpaired) electrons. The Morgan fingerprint density at radius 3 is 2.84 bits per heavy atom. The first-order valence-corrected chi connectivity index (χ1v) is 9.49. The van der Waals surface area contributed by atoms with Crippen molar-refractivity contribution >= 4 is 21.9 Å². The van der Waals surface area contributed by atoms with Gasteiger partial charge in [-0.1, -0.05) is 17.2 Å². The molecular weight excluding hydrogens is 348 g/mol. The molecule has 0 bridgehead atoms. The number of hydrogen-bond acceptors (Lipinski definition) is 7. The first-order chi connectivity index (χ1) is 11.9. The zero-order valence-corrected chi connectivity index (χ0v) is 14.6. The van der Waals surface area contributed by atoms with E-state index in [1.807, 2.05) is 0 Å². The Morgan fingerprint density at radius 2 is 2.12 bits per heavy atom. The molecule has 1 aromatic heterocycles. The van der Waals surface area contributed by atoms with Crippen LogP contribution in [-0.4, -0.2) is 54.8 Å². The van der Waals surface area contributed by atoms with E-state index in [2.05, 4.69) is 15.5 Å². The summed E-state index contributed by atoms with van der Waals surface area (Å²) in [5.41, 5.74) is 0.594. The Kier molecular flexibility index (Phi) is 4.73. The van der Waals surface area contributed by atoms with Crippen LogP contribution in [0.1, 0.15) is 12.8 Å². The third-order valence-corrected chi connectivity index (χ3v) is 5.21. The predicted octanol–water partition coefficient (Wildman–Crippen LogP) is 1.11. The number of methoxy groups -OCH3 is 1. The summed E-state index contributed by atoms with van der Waals surface area (Å²) in [4.78, 5) is 12.4. The summed E-state index contributed by atoms with van der Waals surface area (Å²) in [5.74, 6) is 0.264. The highest BCUT2D eigenvalue weighted by Gasteiger charge is 2.37. The quantitative estimate of drug-likeness (QED) is 0.843. The summed E-state index contributed by atoms with van der Waals surface area (Å²) in [7, 11) is -1.92. The molecule has 10 heteroatoms. The highest BCUT2D eigenvalue weighted by atomic mass is 32.2. The lowest BCUT2D eigenvalue weighted by Gasteiger charge is -2.20. The number of anilines is 1. The second-order valence-electron chi connectivity index (χ2n) is 5.63. The second-order valence-corrected chi connectivity index (χ2v) is 7.57. The van der Waals surface area contributed by atoms with Gasteiger partial charge in [0.25, 0.3) is 5.89 Å². The number of nitrogens with one attached hydrogen (secondary N) is 1. The van der Waals surface area contributed by atoms with E-state index in [1.54, 1.807) is 24.3 Å². The van der Waals surface area contributed by atoms with Crippen molar-refractivity contribution in [2.45, 2.75) is 18.9 Å². The van der Waals surface area contributed by atoms with Gasteiger partial charge in [-0.25, -0.2) is 8.42 Å². The minimum absolute atomic E-state index is 0.0914. The Labute approximate surface area is 145 Å². The molecule has 134 valence electrons. The van der Waals surface area contributed by atoms with Crippen molar-refractivity contribution in [1.82, 2.24) is 14.5 Å². The van der Waals surface area contributed by atoms with Gasteiger partial charge in [-0.2, -0.15) is 4.31 Å². The number of ether oxygens (including phenoxy) is 1. The third-order valence-electron chi connectivity index (χ3n) is 3.92. The SMILES string of the molecule is COc1ccccc1-c1nnc(NC(=O)C2CCCN2S(C)(=O)=O)o1. The van der Waals surface area contributed by atoms with Crippen LogP contribution in [0.3, 0.4) is 0 Å². The lowest BCUT2D eigenvalue weighted by Crippen LogP contribution is -2.42. The van der Waals surface area contributed by atoms with Crippen molar-refractivity contribution in [2.75, 3.05) is 25.2 Å². The zero-order valence-electron chi connectivity index (χ0n) is 13.8. The van der Waals surface area contributed by atoms with Crippen LogP contribution in [0, 0.1) is 0 Å². The molecule has 1 amide bonds. The molecule has 1 aromatic carbocycles. The predicted molar refractivity (Wildman–Crippen MR) is 89.5 cm³/mol. The van der Waals surface area contributed by atoms with Crippen LogP contribution in [-0.2, 0) is 14.8 Å². The summed E-state index contributed by atoms with van der Waals surface area (Å²) >= 11 is 0. The van der Waals surface area contributed by atoms with E-state index >= 15 is 0 Å². The van der Waals surface area contributed by atoms with E-state index in [9.17, 15) is 13.2 Å². The highest BCUT2D eigenvalue weighted by Crippen LogP contribution is 2.29. The highest BCUT2D eigenvalue weighted by molar-refractivity contribution is 7.88. The second kappa shape index (κ2) is 6.81. The van der Waals surface area contributed by atoms with Crippen LogP contribution in [0.15, 0.2) is 28.7 Å². The van der Waals surface area contributed by atoms with E-state index in [0.29, 0.717) is 30.7 Å². The van der Waals surface area contributed by atoms with Gasteiger partial charge in [0.05, 0.1) is 18.9 Å². The van der Waals surface area contributed by atoms with Crippen LogP contribution < -0.4 is 10.1 Å². The van der Waals surface area contributed by atoms with Crippen molar-refractivity contribution < 1.29 is 22.4 Å². The lowest BCUT2D eigenvalue weighted by atomic mass is 10.2. The number of carbonyl (C=O) groups is 1. The Balaban J connectivity index is 1.76. The fourth-order valence-electron chi connectivity index (χ4n) is 2.79. The van der Waals surface area contributed by atoms with Gasteiger partial charge in [0.2, 0.25) is 15.9 Å².